The van der Waals surface area contributed by atoms with E-state index < -0.39 is 0 Å². The molecule has 0 aromatic heterocycles. The summed E-state index contributed by atoms with van der Waals surface area (Å²) in [6.07, 6.45) is 7.47. The van der Waals surface area contributed by atoms with Gasteiger partial charge < -0.3 is 0 Å². The first kappa shape index (κ1) is 11.3. The van der Waals surface area contributed by atoms with Crippen LogP contribution in [0.5, 0.6) is 0 Å². The van der Waals surface area contributed by atoms with Crippen molar-refractivity contribution >= 4 is 0 Å². The van der Waals surface area contributed by atoms with Gasteiger partial charge in [0.15, 0.2) is 0 Å². The summed E-state index contributed by atoms with van der Waals surface area (Å²) < 4.78 is 0. The number of rotatable bonds is 3. The standard InChI is InChI=1S/C6H12.C3H6/c1-3-5-6-4-2;1-3-2/h3H,1,4-6H2,2H3;3H,1H2,2H3. The zero-order chi connectivity index (χ0) is 7.54. The molecule has 0 aliphatic carbocycles. The molecule has 0 unspecified atom stereocenters. The molecule has 0 nitrogen and oxygen atoms in total. The minimum atomic E-state index is 1.18. The van der Waals surface area contributed by atoms with Crippen molar-refractivity contribution in [2.45, 2.75) is 33.1 Å². The quantitative estimate of drug-likeness (QED) is 0.400. The number of unbranched alkanes of at least 4 members (excludes halogenated alkanes) is 2. The Morgan fingerprint density at radius 2 is 1.78 bits per heavy atom. The van der Waals surface area contributed by atoms with E-state index in [4.69, 9.17) is 0 Å². The third-order valence-electron chi connectivity index (χ3n) is 0.762. The van der Waals surface area contributed by atoms with Crippen molar-refractivity contribution in [3.8, 4) is 0 Å². The lowest BCUT2D eigenvalue weighted by Crippen LogP contribution is -1.61. The van der Waals surface area contributed by atoms with Gasteiger partial charge in [-0.2, -0.15) is 0 Å². The van der Waals surface area contributed by atoms with Gasteiger partial charge >= 0.3 is 0 Å². The number of allylic oxidation sites excluding steroid dienone is 2. The third kappa shape index (κ3) is 36.5. The summed E-state index contributed by atoms with van der Waals surface area (Å²) in [5, 5.41) is 0. The molecule has 0 atom stereocenters. The van der Waals surface area contributed by atoms with Crippen LogP contribution in [0, 0.1) is 0 Å². The highest BCUT2D eigenvalue weighted by Gasteiger charge is 1.71. The fourth-order valence-electron chi connectivity index (χ4n) is 0.348. The summed E-state index contributed by atoms with van der Waals surface area (Å²) >= 11 is 0. The summed E-state index contributed by atoms with van der Waals surface area (Å²) in [5.41, 5.74) is 0. The zero-order valence-electron chi connectivity index (χ0n) is 6.69. The maximum Gasteiger partial charge on any atom is -0.0354 e. The van der Waals surface area contributed by atoms with E-state index in [0.29, 0.717) is 0 Å². The van der Waals surface area contributed by atoms with E-state index in [-0.39, 0.29) is 0 Å². The molecule has 0 heteroatoms. The van der Waals surface area contributed by atoms with Gasteiger partial charge in [-0.3, -0.25) is 0 Å². The van der Waals surface area contributed by atoms with Crippen molar-refractivity contribution in [1.82, 2.24) is 0 Å². The molecular formula is C9H18. The Morgan fingerprint density at radius 3 is 1.89 bits per heavy atom. The van der Waals surface area contributed by atoms with Gasteiger partial charge in [-0.05, 0) is 13.3 Å². The van der Waals surface area contributed by atoms with Crippen molar-refractivity contribution in [2.24, 2.45) is 0 Å². The molecule has 0 bridgehead atoms. The van der Waals surface area contributed by atoms with Gasteiger partial charge in [0.1, 0.15) is 0 Å². The van der Waals surface area contributed by atoms with E-state index in [1.54, 1.807) is 6.08 Å². The highest BCUT2D eigenvalue weighted by Crippen LogP contribution is 1.91. The Kier molecular flexibility index (Phi) is 19.6. The Labute approximate surface area is 59.3 Å². The molecule has 0 rings (SSSR count). The molecule has 0 fully saturated rings. The van der Waals surface area contributed by atoms with E-state index in [1.807, 2.05) is 13.0 Å². The van der Waals surface area contributed by atoms with Gasteiger partial charge in [-0.25, -0.2) is 0 Å². The molecule has 0 aromatic carbocycles. The maximum atomic E-state index is 3.60. The molecule has 54 valence electrons. The number of hydrogen-bond acceptors (Lipinski definition) is 0. The van der Waals surface area contributed by atoms with Gasteiger partial charge in [0.2, 0.25) is 0 Å². The second kappa shape index (κ2) is 15.6. The lowest BCUT2D eigenvalue weighted by molar-refractivity contribution is 0.816. The highest BCUT2D eigenvalue weighted by atomic mass is 13.8. The topological polar surface area (TPSA) is 0 Å². The monoisotopic (exact) mass is 126 g/mol. The minimum absolute atomic E-state index is 1.18. The van der Waals surface area contributed by atoms with Crippen molar-refractivity contribution in [1.29, 1.82) is 0 Å². The van der Waals surface area contributed by atoms with Crippen LogP contribution < -0.4 is 0 Å². The van der Waals surface area contributed by atoms with Crippen LogP contribution in [0.1, 0.15) is 33.1 Å². The first-order chi connectivity index (χ1) is 4.33. The lowest BCUT2D eigenvalue weighted by Gasteiger charge is -1.81. The molecule has 0 aromatic rings. The molecule has 0 spiro atoms. The van der Waals surface area contributed by atoms with Gasteiger partial charge in [0.05, 0.1) is 0 Å². The summed E-state index contributed by atoms with van der Waals surface area (Å²) in [5.74, 6) is 0. The van der Waals surface area contributed by atoms with Crippen LogP contribution in [-0.4, -0.2) is 0 Å². The molecular weight excluding hydrogens is 108 g/mol. The Balaban J connectivity index is 0. The lowest BCUT2D eigenvalue weighted by atomic mass is 10.3. The summed E-state index contributed by atoms with van der Waals surface area (Å²) in [6.45, 7) is 11.0. The minimum Gasteiger partial charge on any atom is -0.103 e. The second-order valence-electron chi connectivity index (χ2n) is 1.84. The van der Waals surface area contributed by atoms with Gasteiger partial charge in [0, 0.05) is 0 Å². The average molecular weight is 126 g/mol. The predicted octanol–water partition coefficient (Wildman–Crippen LogP) is 3.55. The van der Waals surface area contributed by atoms with Crippen LogP contribution in [0.25, 0.3) is 0 Å². The van der Waals surface area contributed by atoms with Crippen molar-refractivity contribution < 1.29 is 0 Å². The second-order valence-corrected chi connectivity index (χ2v) is 1.84. The molecule has 0 saturated heterocycles. The van der Waals surface area contributed by atoms with Crippen molar-refractivity contribution in [3.63, 3.8) is 0 Å². The highest BCUT2D eigenvalue weighted by molar-refractivity contribution is 4.64. The van der Waals surface area contributed by atoms with E-state index >= 15 is 0 Å². The summed E-state index contributed by atoms with van der Waals surface area (Å²) in [4.78, 5) is 0. The molecule has 0 aliphatic heterocycles. The molecule has 0 radical (unpaired) electrons. The zero-order valence-corrected chi connectivity index (χ0v) is 6.69. The number of hydrogen-bond donors (Lipinski definition) is 0. The SMILES string of the molecule is C=CC.C=CCCCC. The van der Waals surface area contributed by atoms with E-state index in [0.717, 1.165) is 0 Å². The first-order valence-corrected chi connectivity index (χ1v) is 3.51. The van der Waals surface area contributed by atoms with Crippen molar-refractivity contribution in [2.75, 3.05) is 0 Å². The van der Waals surface area contributed by atoms with Crippen molar-refractivity contribution in [3.05, 3.63) is 25.3 Å². The smallest absolute Gasteiger partial charge is 0.0354 e. The molecule has 0 aliphatic rings. The van der Waals surface area contributed by atoms with E-state index in [2.05, 4.69) is 20.1 Å². The summed E-state index contributed by atoms with van der Waals surface area (Å²) in [6, 6.07) is 0. The Morgan fingerprint density at radius 1 is 1.33 bits per heavy atom. The van der Waals surface area contributed by atoms with Crippen LogP contribution in [0.3, 0.4) is 0 Å². The largest absolute Gasteiger partial charge is 0.103 e. The average Bonchev–Trinajstić information content (AvgIpc) is 1.86. The fourth-order valence-corrected chi connectivity index (χ4v) is 0.348. The predicted molar refractivity (Wildman–Crippen MR) is 45.6 cm³/mol. The van der Waals surface area contributed by atoms with E-state index in [9.17, 15) is 0 Å². The molecule has 9 heavy (non-hydrogen) atoms. The molecule has 0 saturated carbocycles. The normalized spacial score (nSPS) is 6.89. The first-order valence-electron chi connectivity index (χ1n) is 3.51. The van der Waals surface area contributed by atoms with Crippen LogP contribution in [0.2, 0.25) is 0 Å². The van der Waals surface area contributed by atoms with Gasteiger partial charge in [-0.15, -0.1) is 13.2 Å². The van der Waals surface area contributed by atoms with Crippen LogP contribution in [0.4, 0.5) is 0 Å². The molecule has 0 amide bonds. The Hall–Kier alpha value is -0.520. The molecule has 0 N–H and O–H groups in total. The van der Waals surface area contributed by atoms with Crippen LogP contribution >= 0.6 is 0 Å². The molecule has 0 heterocycles. The van der Waals surface area contributed by atoms with Gasteiger partial charge in [-0.1, -0.05) is 31.9 Å². The van der Waals surface area contributed by atoms with Crippen LogP contribution in [-0.2, 0) is 0 Å². The fraction of sp³-hybridized carbons (Fsp3) is 0.556. The van der Waals surface area contributed by atoms with E-state index in [1.165, 1.54) is 19.3 Å². The summed E-state index contributed by atoms with van der Waals surface area (Å²) in [7, 11) is 0. The Bertz CT molecular complexity index is 53.1. The van der Waals surface area contributed by atoms with Crippen LogP contribution in [0.15, 0.2) is 25.3 Å². The van der Waals surface area contributed by atoms with Gasteiger partial charge in [0.25, 0.3) is 0 Å². The third-order valence-corrected chi connectivity index (χ3v) is 0.762. The maximum absolute atomic E-state index is 3.60.